The molecule has 0 amide bonds. The van der Waals surface area contributed by atoms with Crippen molar-refractivity contribution < 1.29 is 9.53 Å². The van der Waals surface area contributed by atoms with E-state index in [1.54, 1.807) is 0 Å². The average Bonchev–Trinajstić information content (AvgIpc) is 2.29. The van der Waals surface area contributed by atoms with E-state index in [0.29, 0.717) is 12.0 Å². The maximum atomic E-state index is 11.5. The molecule has 0 aliphatic carbocycles. The van der Waals surface area contributed by atoms with Crippen LogP contribution in [0.4, 0.5) is 0 Å². The lowest BCUT2D eigenvalue weighted by Gasteiger charge is -2.37. The van der Waals surface area contributed by atoms with Crippen molar-refractivity contribution >= 4 is 5.97 Å². The number of nitrogens with zero attached hydrogens (tertiary/aromatic N) is 1. The molecular weight excluding hydrogens is 214 g/mol. The smallest absolute Gasteiger partial charge is 0.308 e. The van der Waals surface area contributed by atoms with Crippen molar-refractivity contribution in [1.29, 1.82) is 0 Å². The summed E-state index contributed by atoms with van der Waals surface area (Å²) in [5.74, 6) is 0.655. The summed E-state index contributed by atoms with van der Waals surface area (Å²) in [5, 5.41) is 0. The summed E-state index contributed by atoms with van der Waals surface area (Å²) in [6.45, 7) is 8.84. The first-order chi connectivity index (χ1) is 8.04. The number of esters is 1. The number of hydrogen-bond donors (Lipinski definition) is 0. The molecule has 0 bridgehead atoms. The van der Waals surface area contributed by atoms with Gasteiger partial charge < -0.3 is 9.64 Å². The summed E-state index contributed by atoms with van der Waals surface area (Å²) in [7, 11) is 1.48. The largest absolute Gasteiger partial charge is 0.469 e. The second-order valence-corrected chi connectivity index (χ2v) is 5.70. The molecule has 1 heterocycles. The summed E-state index contributed by atoms with van der Waals surface area (Å²) < 4.78 is 4.81. The third-order valence-electron chi connectivity index (χ3n) is 3.58. The van der Waals surface area contributed by atoms with Crippen LogP contribution in [0.5, 0.6) is 0 Å². The molecule has 1 rings (SSSR count). The van der Waals surface area contributed by atoms with Crippen LogP contribution in [0, 0.1) is 11.8 Å². The van der Waals surface area contributed by atoms with E-state index >= 15 is 0 Å². The minimum absolute atomic E-state index is 0.0257. The Morgan fingerprint density at radius 3 is 2.65 bits per heavy atom. The van der Waals surface area contributed by atoms with Gasteiger partial charge in [-0.3, -0.25) is 4.79 Å². The first kappa shape index (κ1) is 14.5. The zero-order chi connectivity index (χ0) is 12.8. The molecule has 0 radical (unpaired) electrons. The Kier molecular flexibility index (Phi) is 5.96. The van der Waals surface area contributed by atoms with Crippen LogP contribution >= 0.6 is 0 Å². The fourth-order valence-electron chi connectivity index (χ4n) is 2.74. The molecule has 17 heavy (non-hydrogen) atoms. The second kappa shape index (κ2) is 7.00. The van der Waals surface area contributed by atoms with E-state index in [0.717, 1.165) is 13.0 Å². The van der Waals surface area contributed by atoms with Crippen LogP contribution in [0.2, 0.25) is 0 Å². The van der Waals surface area contributed by atoms with Crippen molar-refractivity contribution in [1.82, 2.24) is 4.90 Å². The first-order valence-electron chi connectivity index (χ1n) is 6.86. The number of carbonyl (C=O) groups is 1. The average molecular weight is 241 g/mol. The molecule has 0 aromatic heterocycles. The van der Waals surface area contributed by atoms with Gasteiger partial charge in [0, 0.05) is 12.6 Å². The summed E-state index contributed by atoms with van der Waals surface area (Å²) in [6, 6.07) is 0.570. The summed E-state index contributed by atoms with van der Waals surface area (Å²) in [4.78, 5) is 14.0. The third-order valence-corrected chi connectivity index (χ3v) is 3.58. The molecule has 3 nitrogen and oxygen atoms in total. The molecule has 2 unspecified atom stereocenters. The Labute approximate surface area is 106 Å². The molecule has 3 heteroatoms. The third kappa shape index (κ3) is 4.66. The minimum Gasteiger partial charge on any atom is -0.469 e. The van der Waals surface area contributed by atoms with Crippen molar-refractivity contribution in [3.05, 3.63) is 0 Å². The van der Waals surface area contributed by atoms with Gasteiger partial charge in [-0.1, -0.05) is 27.2 Å². The molecule has 1 aliphatic heterocycles. The lowest BCUT2D eigenvalue weighted by molar-refractivity contribution is -0.145. The number of hydrogen-bond acceptors (Lipinski definition) is 3. The maximum Gasteiger partial charge on any atom is 0.308 e. The quantitative estimate of drug-likeness (QED) is 0.693. The van der Waals surface area contributed by atoms with Gasteiger partial charge in [-0.2, -0.15) is 0 Å². The van der Waals surface area contributed by atoms with Crippen molar-refractivity contribution in [2.45, 2.75) is 52.5 Å². The highest BCUT2D eigenvalue weighted by atomic mass is 16.5. The molecule has 2 atom stereocenters. The monoisotopic (exact) mass is 241 g/mol. The van der Waals surface area contributed by atoms with Gasteiger partial charge in [0.15, 0.2) is 0 Å². The Morgan fingerprint density at radius 2 is 2.06 bits per heavy atom. The molecule has 1 fully saturated rings. The number of likely N-dealkylation sites (tertiary alicyclic amines) is 1. The van der Waals surface area contributed by atoms with Crippen LogP contribution in [-0.4, -0.2) is 37.1 Å². The molecular formula is C14H27NO2. The van der Waals surface area contributed by atoms with E-state index in [-0.39, 0.29) is 11.9 Å². The number of methoxy groups -OCH3 is 1. The topological polar surface area (TPSA) is 29.5 Å². The summed E-state index contributed by atoms with van der Waals surface area (Å²) >= 11 is 0. The molecule has 100 valence electrons. The van der Waals surface area contributed by atoms with E-state index in [9.17, 15) is 4.79 Å². The van der Waals surface area contributed by atoms with Crippen molar-refractivity contribution in [2.24, 2.45) is 11.8 Å². The maximum absolute atomic E-state index is 11.5. The van der Waals surface area contributed by atoms with Gasteiger partial charge in [-0.25, -0.2) is 0 Å². The Morgan fingerprint density at radius 1 is 1.35 bits per heavy atom. The van der Waals surface area contributed by atoms with Crippen molar-refractivity contribution in [2.75, 3.05) is 20.2 Å². The second-order valence-electron chi connectivity index (χ2n) is 5.70. The highest BCUT2D eigenvalue weighted by molar-refractivity contribution is 5.71. The molecule has 1 aliphatic rings. The van der Waals surface area contributed by atoms with Crippen LogP contribution in [0.15, 0.2) is 0 Å². The molecule has 1 saturated heterocycles. The zero-order valence-electron chi connectivity index (χ0n) is 11.7. The van der Waals surface area contributed by atoms with Crippen molar-refractivity contribution in [3.8, 4) is 0 Å². The van der Waals surface area contributed by atoms with Gasteiger partial charge in [0.1, 0.15) is 0 Å². The molecule has 0 aromatic carbocycles. The molecule has 0 spiro atoms. The van der Waals surface area contributed by atoms with E-state index in [4.69, 9.17) is 4.74 Å². The van der Waals surface area contributed by atoms with Gasteiger partial charge in [-0.15, -0.1) is 0 Å². The van der Waals surface area contributed by atoms with Crippen LogP contribution in [0.1, 0.15) is 46.5 Å². The normalized spacial score (nSPS) is 23.7. The van der Waals surface area contributed by atoms with E-state index in [1.807, 2.05) is 6.92 Å². The number of piperidine rings is 1. The molecule has 0 aromatic rings. The lowest BCUT2D eigenvalue weighted by Crippen LogP contribution is -2.43. The zero-order valence-corrected chi connectivity index (χ0v) is 11.7. The Hall–Kier alpha value is -0.570. The Balaban J connectivity index is 2.50. The highest BCUT2D eigenvalue weighted by Crippen LogP contribution is 2.24. The number of rotatable bonds is 5. The SMILES string of the molecule is COC(=O)C(C)CC1CCCCN1CC(C)C. The highest BCUT2D eigenvalue weighted by Gasteiger charge is 2.26. The fourth-order valence-corrected chi connectivity index (χ4v) is 2.74. The molecule has 0 N–H and O–H groups in total. The predicted octanol–water partition coefficient (Wildman–Crippen LogP) is 2.70. The van der Waals surface area contributed by atoms with Gasteiger partial charge in [-0.05, 0) is 31.7 Å². The van der Waals surface area contributed by atoms with Crippen LogP contribution in [-0.2, 0) is 9.53 Å². The lowest BCUT2D eigenvalue weighted by atomic mass is 9.92. The predicted molar refractivity (Wildman–Crippen MR) is 69.8 cm³/mol. The van der Waals surface area contributed by atoms with Gasteiger partial charge in [0.05, 0.1) is 13.0 Å². The van der Waals surface area contributed by atoms with E-state index < -0.39 is 0 Å². The number of ether oxygens (including phenoxy) is 1. The van der Waals surface area contributed by atoms with E-state index in [1.165, 1.54) is 32.9 Å². The molecule has 0 saturated carbocycles. The van der Waals surface area contributed by atoms with Crippen molar-refractivity contribution in [3.63, 3.8) is 0 Å². The van der Waals surface area contributed by atoms with Gasteiger partial charge >= 0.3 is 5.97 Å². The van der Waals surface area contributed by atoms with Gasteiger partial charge in [0.2, 0.25) is 0 Å². The fraction of sp³-hybridized carbons (Fsp3) is 0.929. The van der Waals surface area contributed by atoms with Crippen LogP contribution in [0.25, 0.3) is 0 Å². The minimum atomic E-state index is -0.0694. The summed E-state index contributed by atoms with van der Waals surface area (Å²) in [5.41, 5.74) is 0. The standard InChI is InChI=1S/C14H27NO2/c1-11(2)10-15-8-6-5-7-13(15)9-12(3)14(16)17-4/h11-13H,5-10H2,1-4H3. The number of carbonyl (C=O) groups excluding carboxylic acids is 1. The first-order valence-corrected chi connectivity index (χ1v) is 6.86. The summed E-state index contributed by atoms with van der Waals surface area (Å²) in [6.07, 6.45) is 4.77. The Bertz CT molecular complexity index is 240. The van der Waals surface area contributed by atoms with Gasteiger partial charge in [0.25, 0.3) is 0 Å². The van der Waals surface area contributed by atoms with Crippen LogP contribution < -0.4 is 0 Å². The van der Waals surface area contributed by atoms with E-state index in [2.05, 4.69) is 18.7 Å². The van der Waals surface area contributed by atoms with Crippen LogP contribution in [0.3, 0.4) is 0 Å².